The zero-order valence-electron chi connectivity index (χ0n) is 14.1. The number of aryl methyl sites for hydroxylation is 1. The maximum atomic E-state index is 14.5. The van der Waals surface area contributed by atoms with Gasteiger partial charge in [0, 0.05) is 41.1 Å². The first kappa shape index (κ1) is 16.4. The van der Waals surface area contributed by atoms with E-state index in [1.165, 1.54) is 12.1 Å². The van der Waals surface area contributed by atoms with Crippen LogP contribution in [0.5, 0.6) is 0 Å². The zero-order valence-corrected chi connectivity index (χ0v) is 14.1. The normalized spacial score (nSPS) is 11.2. The molecule has 0 saturated heterocycles. The molecule has 0 bridgehead atoms. The third-order valence-corrected chi connectivity index (χ3v) is 4.37. The second kappa shape index (κ2) is 6.31. The van der Waals surface area contributed by atoms with E-state index in [4.69, 9.17) is 5.73 Å². The highest BCUT2D eigenvalue weighted by molar-refractivity contribution is 5.71. The maximum Gasteiger partial charge on any atom is 0.156 e. The van der Waals surface area contributed by atoms with E-state index in [2.05, 4.69) is 10.1 Å². The molecule has 4 rings (SSSR count). The molecule has 0 atom stereocenters. The van der Waals surface area contributed by atoms with Crippen LogP contribution < -0.4 is 5.73 Å². The molecule has 2 aromatic carbocycles. The van der Waals surface area contributed by atoms with Gasteiger partial charge in [-0.25, -0.2) is 18.3 Å². The van der Waals surface area contributed by atoms with Gasteiger partial charge in [0.1, 0.15) is 11.6 Å². The van der Waals surface area contributed by atoms with Crippen molar-refractivity contribution in [2.24, 2.45) is 5.73 Å². The minimum Gasteiger partial charge on any atom is -0.326 e. The van der Waals surface area contributed by atoms with Crippen molar-refractivity contribution in [2.75, 3.05) is 0 Å². The lowest BCUT2D eigenvalue weighted by molar-refractivity contribution is 0.584. The molecule has 0 saturated carbocycles. The van der Waals surface area contributed by atoms with Crippen LogP contribution in [0.25, 0.3) is 28.2 Å². The first-order chi connectivity index (χ1) is 12.6. The van der Waals surface area contributed by atoms with Crippen molar-refractivity contribution in [1.82, 2.24) is 14.6 Å². The smallest absolute Gasteiger partial charge is 0.156 e. The zero-order chi connectivity index (χ0) is 18.3. The van der Waals surface area contributed by atoms with E-state index in [-0.39, 0.29) is 12.1 Å². The van der Waals surface area contributed by atoms with Crippen molar-refractivity contribution < 1.29 is 8.78 Å². The molecular weight excluding hydrogens is 334 g/mol. The van der Waals surface area contributed by atoms with E-state index in [1.807, 2.05) is 43.3 Å². The second-order valence-electron chi connectivity index (χ2n) is 6.02. The van der Waals surface area contributed by atoms with E-state index >= 15 is 0 Å². The molecule has 0 amide bonds. The predicted octanol–water partition coefficient (Wildman–Crippen LogP) is 4.11. The molecule has 2 N–H and O–H groups in total. The molecule has 6 heteroatoms. The predicted molar refractivity (Wildman–Crippen MR) is 96.4 cm³/mol. The molecular formula is C20H16F2N4. The van der Waals surface area contributed by atoms with Crippen LogP contribution in [0.3, 0.4) is 0 Å². The fraction of sp³-hybridized carbons (Fsp3) is 0.100. The van der Waals surface area contributed by atoms with Crippen LogP contribution in [0, 0.1) is 18.6 Å². The SMILES string of the molecule is Cc1nc2cc(-c3ccccc3)nn2c(-c2ccc(F)cc2F)c1CN. The summed E-state index contributed by atoms with van der Waals surface area (Å²) in [6.45, 7) is 1.99. The summed E-state index contributed by atoms with van der Waals surface area (Å²) in [4.78, 5) is 4.55. The molecule has 2 aromatic heterocycles. The molecule has 0 fully saturated rings. The molecule has 0 aliphatic heterocycles. The Morgan fingerprint density at radius 1 is 1.04 bits per heavy atom. The van der Waals surface area contributed by atoms with Gasteiger partial charge >= 0.3 is 0 Å². The Hall–Kier alpha value is -3.12. The number of hydrogen-bond donors (Lipinski definition) is 1. The fourth-order valence-electron chi connectivity index (χ4n) is 3.11. The molecule has 26 heavy (non-hydrogen) atoms. The minimum absolute atomic E-state index is 0.168. The Morgan fingerprint density at radius 2 is 1.81 bits per heavy atom. The monoisotopic (exact) mass is 350 g/mol. The van der Waals surface area contributed by atoms with E-state index in [0.29, 0.717) is 22.6 Å². The van der Waals surface area contributed by atoms with Gasteiger partial charge in [0.15, 0.2) is 5.65 Å². The summed E-state index contributed by atoms with van der Waals surface area (Å²) in [7, 11) is 0. The number of hydrogen-bond acceptors (Lipinski definition) is 3. The molecule has 0 spiro atoms. The van der Waals surface area contributed by atoms with Crippen molar-refractivity contribution in [3.05, 3.63) is 77.5 Å². The maximum absolute atomic E-state index is 14.5. The summed E-state index contributed by atoms with van der Waals surface area (Å²) in [6.07, 6.45) is 0. The standard InChI is InChI=1S/C20H16F2N4/c1-12-16(11-23)20(15-8-7-14(21)9-17(15)22)26-19(24-12)10-18(25-26)13-5-3-2-4-6-13/h2-10H,11,23H2,1H3. The largest absolute Gasteiger partial charge is 0.326 e. The number of halogens is 2. The number of benzene rings is 2. The molecule has 0 radical (unpaired) electrons. The van der Waals surface area contributed by atoms with Crippen molar-refractivity contribution >= 4 is 5.65 Å². The van der Waals surface area contributed by atoms with Gasteiger partial charge in [0.25, 0.3) is 0 Å². The van der Waals surface area contributed by atoms with Crippen molar-refractivity contribution in [3.63, 3.8) is 0 Å². The molecule has 4 aromatic rings. The van der Waals surface area contributed by atoms with Crippen molar-refractivity contribution in [1.29, 1.82) is 0 Å². The van der Waals surface area contributed by atoms with Crippen LogP contribution >= 0.6 is 0 Å². The Morgan fingerprint density at radius 3 is 2.50 bits per heavy atom. The van der Waals surface area contributed by atoms with Gasteiger partial charge in [0.2, 0.25) is 0 Å². The van der Waals surface area contributed by atoms with Gasteiger partial charge in [-0.2, -0.15) is 5.10 Å². The van der Waals surface area contributed by atoms with Crippen LogP contribution in [-0.2, 0) is 6.54 Å². The summed E-state index contributed by atoms with van der Waals surface area (Å²) in [6, 6.07) is 15.0. The molecule has 0 unspecified atom stereocenters. The number of nitrogens with two attached hydrogens (primary N) is 1. The summed E-state index contributed by atoms with van der Waals surface area (Å²) >= 11 is 0. The van der Waals surface area contributed by atoms with E-state index in [1.54, 1.807) is 4.52 Å². The molecule has 2 heterocycles. The number of fused-ring (bicyclic) bond motifs is 1. The minimum atomic E-state index is -0.664. The summed E-state index contributed by atoms with van der Waals surface area (Å²) in [5, 5.41) is 4.61. The quantitative estimate of drug-likeness (QED) is 0.605. The highest BCUT2D eigenvalue weighted by atomic mass is 19.1. The molecule has 4 nitrogen and oxygen atoms in total. The Kier molecular flexibility index (Phi) is 3.97. The average molecular weight is 350 g/mol. The van der Waals surface area contributed by atoms with Gasteiger partial charge in [-0.05, 0) is 19.1 Å². The van der Waals surface area contributed by atoms with Gasteiger partial charge in [0.05, 0.1) is 11.4 Å². The van der Waals surface area contributed by atoms with Crippen LogP contribution in [-0.4, -0.2) is 14.6 Å². The molecule has 0 aliphatic carbocycles. The lowest BCUT2D eigenvalue weighted by atomic mass is 10.0. The third-order valence-electron chi connectivity index (χ3n) is 4.37. The van der Waals surface area contributed by atoms with E-state index < -0.39 is 11.6 Å². The first-order valence-corrected chi connectivity index (χ1v) is 8.18. The van der Waals surface area contributed by atoms with Gasteiger partial charge in [-0.3, -0.25) is 0 Å². The highest BCUT2D eigenvalue weighted by Crippen LogP contribution is 2.30. The Bertz CT molecular complexity index is 1100. The molecule has 130 valence electrons. The summed E-state index contributed by atoms with van der Waals surface area (Å²) in [5.41, 5.74) is 10.2. The van der Waals surface area contributed by atoms with Gasteiger partial charge < -0.3 is 5.73 Å². The number of nitrogens with zero attached hydrogens (tertiary/aromatic N) is 3. The van der Waals surface area contributed by atoms with Crippen LogP contribution in [0.2, 0.25) is 0 Å². The summed E-state index contributed by atoms with van der Waals surface area (Å²) < 4.78 is 29.4. The van der Waals surface area contributed by atoms with Crippen LogP contribution in [0.15, 0.2) is 54.6 Å². The van der Waals surface area contributed by atoms with E-state index in [9.17, 15) is 8.78 Å². The summed E-state index contributed by atoms with van der Waals surface area (Å²) in [5.74, 6) is -1.30. The number of aromatic nitrogens is 3. The van der Waals surface area contributed by atoms with Crippen LogP contribution in [0.1, 0.15) is 11.3 Å². The van der Waals surface area contributed by atoms with E-state index in [0.717, 1.165) is 17.3 Å². The topological polar surface area (TPSA) is 56.2 Å². The fourth-order valence-corrected chi connectivity index (χ4v) is 3.11. The van der Waals surface area contributed by atoms with Crippen molar-refractivity contribution in [2.45, 2.75) is 13.5 Å². The first-order valence-electron chi connectivity index (χ1n) is 8.18. The second-order valence-corrected chi connectivity index (χ2v) is 6.02. The van der Waals surface area contributed by atoms with Gasteiger partial charge in [-0.15, -0.1) is 0 Å². The van der Waals surface area contributed by atoms with Crippen molar-refractivity contribution in [3.8, 4) is 22.5 Å². The Labute approximate surface area is 148 Å². The lowest BCUT2D eigenvalue weighted by Crippen LogP contribution is -2.10. The van der Waals surface area contributed by atoms with Crippen LogP contribution in [0.4, 0.5) is 8.78 Å². The molecule has 0 aliphatic rings. The number of rotatable bonds is 3. The lowest BCUT2D eigenvalue weighted by Gasteiger charge is -2.13. The Balaban J connectivity index is 2.04. The average Bonchev–Trinajstić information content (AvgIpc) is 3.05. The van der Waals surface area contributed by atoms with Gasteiger partial charge in [-0.1, -0.05) is 30.3 Å². The third kappa shape index (κ3) is 2.64. The highest BCUT2D eigenvalue weighted by Gasteiger charge is 2.19.